The van der Waals surface area contributed by atoms with E-state index in [0.29, 0.717) is 19.0 Å². The molecule has 1 aromatic carbocycles. The molecule has 1 aliphatic heterocycles. The van der Waals surface area contributed by atoms with Gasteiger partial charge in [-0.25, -0.2) is 12.7 Å². The standard InChI is InChI=1S/C14H18N2O4S/c1-2-12-7-9-15(10-8-12)21(19,20)11-13-5-3-4-6-14(13)16(17)18/h2-6,12H,1,7-11H2. The molecule has 6 nitrogen and oxygen atoms in total. The van der Waals surface area contributed by atoms with Crippen LogP contribution in [0.25, 0.3) is 0 Å². The van der Waals surface area contributed by atoms with Crippen LogP contribution >= 0.6 is 0 Å². The molecule has 2 rings (SSSR count). The van der Waals surface area contributed by atoms with Gasteiger partial charge in [0.2, 0.25) is 10.0 Å². The zero-order chi connectivity index (χ0) is 15.5. The summed E-state index contributed by atoms with van der Waals surface area (Å²) < 4.78 is 26.2. The van der Waals surface area contributed by atoms with Crippen LogP contribution in [0.3, 0.4) is 0 Å². The number of nitro benzene ring substituents is 1. The maximum Gasteiger partial charge on any atom is 0.273 e. The summed E-state index contributed by atoms with van der Waals surface area (Å²) in [6, 6.07) is 5.96. The van der Waals surface area contributed by atoms with Crippen LogP contribution in [0.5, 0.6) is 0 Å². The van der Waals surface area contributed by atoms with Gasteiger partial charge in [-0.1, -0.05) is 24.3 Å². The van der Waals surface area contributed by atoms with Crippen molar-refractivity contribution in [2.24, 2.45) is 5.92 Å². The van der Waals surface area contributed by atoms with E-state index < -0.39 is 14.9 Å². The number of rotatable bonds is 5. The Morgan fingerprint density at radius 2 is 1.95 bits per heavy atom. The van der Waals surface area contributed by atoms with E-state index in [0.717, 1.165) is 12.8 Å². The van der Waals surface area contributed by atoms with E-state index in [1.807, 2.05) is 6.08 Å². The van der Waals surface area contributed by atoms with Crippen molar-refractivity contribution in [2.45, 2.75) is 18.6 Å². The molecule has 1 aliphatic rings. The molecule has 7 heteroatoms. The minimum atomic E-state index is -3.53. The van der Waals surface area contributed by atoms with Crippen molar-refractivity contribution in [1.29, 1.82) is 0 Å². The molecule has 0 spiro atoms. The van der Waals surface area contributed by atoms with Gasteiger partial charge in [-0.15, -0.1) is 6.58 Å². The van der Waals surface area contributed by atoms with Crippen LogP contribution in [0.2, 0.25) is 0 Å². The number of nitro groups is 1. The van der Waals surface area contributed by atoms with Gasteiger partial charge in [-0.05, 0) is 18.8 Å². The number of benzene rings is 1. The Balaban J connectivity index is 2.15. The van der Waals surface area contributed by atoms with E-state index in [-0.39, 0.29) is 17.0 Å². The zero-order valence-electron chi connectivity index (χ0n) is 11.6. The Labute approximate surface area is 124 Å². The van der Waals surface area contributed by atoms with Crippen molar-refractivity contribution in [3.8, 4) is 0 Å². The van der Waals surface area contributed by atoms with Gasteiger partial charge in [0.25, 0.3) is 5.69 Å². The number of nitrogens with zero attached hydrogens (tertiary/aromatic N) is 2. The van der Waals surface area contributed by atoms with Gasteiger partial charge in [0.1, 0.15) is 0 Å². The van der Waals surface area contributed by atoms with Gasteiger partial charge in [0, 0.05) is 24.7 Å². The second kappa shape index (κ2) is 6.36. The Kier molecular flexibility index (Phi) is 4.74. The fourth-order valence-corrected chi connectivity index (χ4v) is 4.08. The summed E-state index contributed by atoms with van der Waals surface area (Å²) in [5.41, 5.74) is 0.0791. The van der Waals surface area contributed by atoms with E-state index in [9.17, 15) is 18.5 Å². The molecule has 1 aromatic rings. The van der Waals surface area contributed by atoms with E-state index in [1.54, 1.807) is 6.07 Å². The lowest BCUT2D eigenvalue weighted by Gasteiger charge is -2.29. The number of piperidine rings is 1. The molecule has 0 unspecified atom stereocenters. The second-order valence-corrected chi connectivity index (χ2v) is 7.08. The van der Waals surface area contributed by atoms with Crippen LogP contribution in [-0.2, 0) is 15.8 Å². The maximum atomic E-state index is 12.4. The van der Waals surface area contributed by atoms with Gasteiger partial charge < -0.3 is 0 Å². The molecule has 0 radical (unpaired) electrons. The molecule has 0 amide bonds. The lowest BCUT2D eigenvalue weighted by Crippen LogP contribution is -2.38. The summed E-state index contributed by atoms with van der Waals surface area (Å²) >= 11 is 0. The maximum absolute atomic E-state index is 12.4. The van der Waals surface area contributed by atoms with Gasteiger partial charge in [-0.2, -0.15) is 0 Å². The normalized spacial score (nSPS) is 17.5. The average Bonchev–Trinajstić information content (AvgIpc) is 2.47. The Morgan fingerprint density at radius 3 is 2.52 bits per heavy atom. The SMILES string of the molecule is C=CC1CCN(S(=O)(=O)Cc2ccccc2[N+](=O)[O-])CC1. The summed E-state index contributed by atoms with van der Waals surface area (Å²) in [6.07, 6.45) is 3.35. The van der Waals surface area contributed by atoms with Crippen molar-refractivity contribution in [2.75, 3.05) is 13.1 Å². The number of hydrogen-bond donors (Lipinski definition) is 0. The largest absolute Gasteiger partial charge is 0.273 e. The number of sulfonamides is 1. The molecule has 114 valence electrons. The fraction of sp³-hybridized carbons (Fsp3) is 0.429. The molecular formula is C14H18N2O4S. The average molecular weight is 310 g/mol. The number of para-hydroxylation sites is 1. The topological polar surface area (TPSA) is 80.5 Å². The summed E-state index contributed by atoms with van der Waals surface area (Å²) in [6.45, 7) is 4.62. The first kappa shape index (κ1) is 15.7. The highest BCUT2D eigenvalue weighted by Gasteiger charge is 2.29. The van der Waals surface area contributed by atoms with Crippen LogP contribution in [0, 0.1) is 16.0 Å². The monoisotopic (exact) mass is 310 g/mol. The molecule has 0 bridgehead atoms. The van der Waals surface area contributed by atoms with Crippen molar-refractivity contribution in [3.05, 3.63) is 52.6 Å². The van der Waals surface area contributed by atoms with Crippen LogP contribution < -0.4 is 0 Å². The number of hydrogen-bond acceptors (Lipinski definition) is 4. The molecule has 1 saturated heterocycles. The third kappa shape index (κ3) is 3.68. The summed E-state index contributed by atoms with van der Waals surface area (Å²) in [7, 11) is -3.53. The predicted molar refractivity (Wildman–Crippen MR) is 80.2 cm³/mol. The van der Waals surface area contributed by atoms with E-state index >= 15 is 0 Å². The molecule has 1 heterocycles. The third-order valence-corrected chi connectivity index (χ3v) is 5.58. The summed E-state index contributed by atoms with van der Waals surface area (Å²) in [4.78, 5) is 10.4. The highest BCUT2D eigenvalue weighted by atomic mass is 32.2. The van der Waals surface area contributed by atoms with Gasteiger partial charge in [-0.3, -0.25) is 10.1 Å². The first-order valence-electron chi connectivity index (χ1n) is 6.76. The zero-order valence-corrected chi connectivity index (χ0v) is 12.5. The van der Waals surface area contributed by atoms with Gasteiger partial charge in [0.15, 0.2) is 0 Å². The molecule has 0 saturated carbocycles. The lowest BCUT2D eigenvalue weighted by molar-refractivity contribution is -0.385. The van der Waals surface area contributed by atoms with Crippen molar-refractivity contribution >= 4 is 15.7 Å². The highest BCUT2D eigenvalue weighted by Crippen LogP contribution is 2.25. The summed E-state index contributed by atoms with van der Waals surface area (Å²) in [5, 5.41) is 11.0. The van der Waals surface area contributed by atoms with E-state index in [2.05, 4.69) is 6.58 Å². The highest BCUT2D eigenvalue weighted by molar-refractivity contribution is 7.88. The van der Waals surface area contributed by atoms with Crippen LogP contribution in [-0.4, -0.2) is 30.7 Å². The Morgan fingerprint density at radius 1 is 1.33 bits per heavy atom. The lowest BCUT2D eigenvalue weighted by atomic mass is 9.99. The molecule has 0 N–H and O–H groups in total. The summed E-state index contributed by atoms with van der Waals surface area (Å²) in [5.74, 6) is 0.0191. The van der Waals surface area contributed by atoms with Gasteiger partial charge in [0.05, 0.1) is 10.7 Å². The molecule has 0 aromatic heterocycles. The first-order valence-corrected chi connectivity index (χ1v) is 8.37. The fourth-order valence-electron chi connectivity index (χ4n) is 2.49. The second-order valence-electron chi connectivity index (χ2n) is 5.11. The molecule has 21 heavy (non-hydrogen) atoms. The van der Waals surface area contributed by atoms with Crippen LogP contribution in [0.1, 0.15) is 18.4 Å². The minimum Gasteiger partial charge on any atom is -0.258 e. The van der Waals surface area contributed by atoms with Crippen LogP contribution in [0.4, 0.5) is 5.69 Å². The van der Waals surface area contributed by atoms with E-state index in [4.69, 9.17) is 0 Å². The van der Waals surface area contributed by atoms with Crippen LogP contribution in [0.15, 0.2) is 36.9 Å². The van der Waals surface area contributed by atoms with E-state index in [1.165, 1.54) is 22.5 Å². The Hall–Kier alpha value is -1.73. The Bertz CT molecular complexity index is 634. The van der Waals surface area contributed by atoms with Crippen molar-refractivity contribution in [1.82, 2.24) is 4.31 Å². The third-order valence-electron chi connectivity index (χ3n) is 3.75. The van der Waals surface area contributed by atoms with Crippen molar-refractivity contribution < 1.29 is 13.3 Å². The minimum absolute atomic E-state index is 0.151. The molecular weight excluding hydrogens is 292 g/mol. The smallest absolute Gasteiger partial charge is 0.258 e. The predicted octanol–water partition coefficient (Wildman–Crippen LogP) is 2.32. The first-order chi connectivity index (χ1) is 9.94. The quantitative estimate of drug-likeness (QED) is 0.475. The van der Waals surface area contributed by atoms with Crippen molar-refractivity contribution in [3.63, 3.8) is 0 Å². The molecule has 1 fully saturated rings. The van der Waals surface area contributed by atoms with Gasteiger partial charge >= 0.3 is 0 Å². The number of allylic oxidation sites excluding steroid dienone is 1. The molecule has 0 atom stereocenters. The molecule has 0 aliphatic carbocycles.